The van der Waals surface area contributed by atoms with Crippen LogP contribution in [0, 0.1) is 0 Å². The van der Waals surface area contributed by atoms with Gasteiger partial charge in [-0.15, -0.1) is 0 Å². The Labute approximate surface area is 81.2 Å². The number of rotatable bonds is 3. The molecule has 4 heteroatoms. The SMILES string of the molecule is C=Cc1c(C(N)=O)cccc1C(N)=O. The summed E-state index contributed by atoms with van der Waals surface area (Å²) in [5, 5.41) is 0. The average molecular weight is 190 g/mol. The topological polar surface area (TPSA) is 86.2 Å². The molecule has 1 rings (SSSR count). The lowest BCUT2D eigenvalue weighted by Crippen LogP contribution is -2.18. The van der Waals surface area contributed by atoms with Crippen LogP contribution in [0.3, 0.4) is 0 Å². The number of nitrogens with two attached hydrogens (primary N) is 2. The molecule has 0 saturated heterocycles. The molecule has 0 aromatic heterocycles. The first-order chi connectivity index (χ1) is 6.57. The van der Waals surface area contributed by atoms with Crippen LogP contribution in [-0.2, 0) is 0 Å². The van der Waals surface area contributed by atoms with Crippen molar-refractivity contribution in [1.29, 1.82) is 0 Å². The molecule has 72 valence electrons. The molecule has 0 aliphatic heterocycles. The smallest absolute Gasteiger partial charge is 0.249 e. The molecule has 0 bridgehead atoms. The van der Waals surface area contributed by atoms with Crippen molar-refractivity contribution < 1.29 is 9.59 Å². The molecule has 2 amide bonds. The van der Waals surface area contributed by atoms with Crippen LogP contribution in [-0.4, -0.2) is 11.8 Å². The van der Waals surface area contributed by atoms with Crippen LogP contribution < -0.4 is 11.5 Å². The van der Waals surface area contributed by atoms with Gasteiger partial charge < -0.3 is 11.5 Å². The maximum absolute atomic E-state index is 11.0. The second kappa shape index (κ2) is 3.74. The Morgan fingerprint density at radius 3 is 1.86 bits per heavy atom. The third-order valence-corrected chi connectivity index (χ3v) is 1.84. The summed E-state index contributed by atoms with van der Waals surface area (Å²) in [6, 6.07) is 4.59. The summed E-state index contributed by atoms with van der Waals surface area (Å²) in [5.41, 5.74) is 11.1. The van der Waals surface area contributed by atoms with E-state index in [4.69, 9.17) is 11.5 Å². The van der Waals surface area contributed by atoms with Gasteiger partial charge in [0.2, 0.25) is 11.8 Å². The minimum Gasteiger partial charge on any atom is -0.366 e. The van der Waals surface area contributed by atoms with Crippen molar-refractivity contribution in [2.24, 2.45) is 11.5 Å². The van der Waals surface area contributed by atoms with E-state index in [1.54, 1.807) is 6.07 Å². The largest absolute Gasteiger partial charge is 0.366 e. The summed E-state index contributed by atoms with van der Waals surface area (Å²) in [4.78, 5) is 22.0. The molecule has 14 heavy (non-hydrogen) atoms. The molecule has 0 atom stereocenters. The summed E-state index contributed by atoms with van der Waals surface area (Å²) in [6.45, 7) is 3.50. The fourth-order valence-electron chi connectivity index (χ4n) is 1.21. The molecule has 0 heterocycles. The average Bonchev–Trinajstić information content (AvgIpc) is 2.16. The van der Waals surface area contributed by atoms with Gasteiger partial charge >= 0.3 is 0 Å². The Morgan fingerprint density at radius 1 is 1.14 bits per heavy atom. The van der Waals surface area contributed by atoms with Gasteiger partial charge in [0, 0.05) is 11.1 Å². The second-order valence-electron chi connectivity index (χ2n) is 2.70. The molecule has 1 aromatic rings. The maximum atomic E-state index is 11.0. The third kappa shape index (κ3) is 1.64. The van der Waals surface area contributed by atoms with Crippen molar-refractivity contribution in [3.8, 4) is 0 Å². The maximum Gasteiger partial charge on any atom is 0.249 e. The van der Waals surface area contributed by atoms with Crippen LogP contribution in [0.1, 0.15) is 26.3 Å². The Hall–Kier alpha value is -2.10. The van der Waals surface area contributed by atoms with Gasteiger partial charge in [0.15, 0.2) is 0 Å². The van der Waals surface area contributed by atoms with E-state index in [-0.39, 0.29) is 11.1 Å². The highest BCUT2D eigenvalue weighted by molar-refractivity contribution is 6.03. The summed E-state index contributed by atoms with van der Waals surface area (Å²) in [7, 11) is 0. The molecular weight excluding hydrogens is 180 g/mol. The predicted octanol–water partition coefficient (Wildman–Crippen LogP) is 0.527. The number of hydrogen-bond acceptors (Lipinski definition) is 2. The third-order valence-electron chi connectivity index (χ3n) is 1.84. The van der Waals surface area contributed by atoms with E-state index < -0.39 is 11.8 Å². The minimum atomic E-state index is -0.608. The zero-order chi connectivity index (χ0) is 10.7. The van der Waals surface area contributed by atoms with Gasteiger partial charge in [-0.1, -0.05) is 18.7 Å². The highest BCUT2D eigenvalue weighted by atomic mass is 16.1. The molecule has 0 saturated carbocycles. The van der Waals surface area contributed by atoms with Crippen molar-refractivity contribution in [2.75, 3.05) is 0 Å². The predicted molar refractivity (Wildman–Crippen MR) is 53.6 cm³/mol. The van der Waals surface area contributed by atoms with Gasteiger partial charge in [0.25, 0.3) is 0 Å². The van der Waals surface area contributed by atoms with Crippen LogP contribution in [0.2, 0.25) is 0 Å². The fraction of sp³-hybridized carbons (Fsp3) is 0. The number of amides is 2. The summed E-state index contributed by atoms with van der Waals surface area (Å²) >= 11 is 0. The van der Waals surface area contributed by atoms with Crippen LogP contribution in [0.15, 0.2) is 24.8 Å². The Balaban J connectivity index is 3.47. The fourth-order valence-corrected chi connectivity index (χ4v) is 1.21. The standard InChI is InChI=1S/C10H10N2O2/c1-2-6-7(9(11)13)4-3-5-8(6)10(12)14/h2-5H,1H2,(H2,11,13)(H2,12,14). The summed E-state index contributed by atoms with van der Waals surface area (Å²) in [6.07, 6.45) is 1.39. The van der Waals surface area contributed by atoms with Gasteiger partial charge in [0.05, 0.1) is 0 Å². The van der Waals surface area contributed by atoms with Crippen LogP contribution in [0.5, 0.6) is 0 Å². The second-order valence-corrected chi connectivity index (χ2v) is 2.70. The van der Waals surface area contributed by atoms with Crippen molar-refractivity contribution in [2.45, 2.75) is 0 Å². The highest BCUT2D eigenvalue weighted by Gasteiger charge is 2.12. The van der Waals surface area contributed by atoms with Crippen molar-refractivity contribution in [3.05, 3.63) is 41.5 Å². The van der Waals surface area contributed by atoms with E-state index in [2.05, 4.69) is 6.58 Å². The number of primary amides is 2. The molecule has 0 unspecified atom stereocenters. The van der Waals surface area contributed by atoms with E-state index in [9.17, 15) is 9.59 Å². The number of hydrogen-bond donors (Lipinski definition) is 2. The zero-order valence-corrected chi connectivity index (χ0v) is 7.49. The Bertz CT molecular complexity index is 378. The Kier molecular flexibility index (Phi) is 2.67. The van der Waals surface area contributed by atoms with Crippen LogP contribution in [0.25, 0.3) is 6.08 Å². The van der Waals surface area contributed by atoms with Crippen molar-refractivity contribution in [1.82, 2.24) is 0 Å². The molecule has 0 fully saturated rings. The molecule has 4 N–H and O–H groups in total. The first kappa shape index (κ1) is 9.98. The molecule has 0 aliphatic carbocycles. The summed E-state index contributed by atoms with van der Waals surface area (Å²) < 4.78 is 0. The van der Waals surface area contributed by atoms with E-state index >= 15 is 0 Å². The number of carbonyl (C=O) groups excluding carboxylic acids is 2. The van der Waals surface area contributed by atoms with E-state index in [0.29, 0.717) is 5.56 Å². The first-order valence-corrected chi connectivity index (χ1v) is 3.93. The lowest BCUT2D eigenvalue weighted by Gasteiger charge is -2.05. The van der Waals surface area contributed by atoms with Crippen LogP contribution >= 0.6 is 0 Å². The zero-order valence-electron chi connectivity index (χ0n) is 7.49. The van der Waals surface area contributed by atoms with Gasteiger partial charge in [-0.25, -0.2) is 0 Å². The molecule has 4 nitrogen and oxygen atoms in total. The Morgan fingerprint density at radius 2 is 1.57 bits per heavy atom. The first-order valence-electron chi connectivity index (χ1n) is 3.93. The monoisotopic (exact) mass is 190 g/mol. The number of benzene rings is 1. The van der Waals surface area contributed by atoms with Crippen LogP contribution in [0.4, 0.5) is 0 Å². The minimum absolute atomic E-state index is 0.247. The lowest BCUT2D eigenvalue weighted by molar-refractivity contribution is 0.0999. The molecule has 0 spiro atoms. The van der Waals surface area contributed by atoms with Gasteiger partial charge in [-0.3, -0.25) is 9.59 Å². The van der Waals surface area contributed by atoms with E-state index in [1.807, 2.05) is 0 Å². The number of carbonyl (C=O) groups is 2. The van der Waals surface area contributed by atoms with Crippen molar-refractivity contribution in [3.63, 3.8) is 0 Å². The van der Waals surface area contributed by atoms with Gasteiger partial charge in [-0.2, -0.15) is 0 Å². The van der Waals surface area contributed by atoms with Gasteiger partial charge in [0.1, 0.15) is 0 Å². The van der Waals surface area contributed by atoms with Crippen molar-refractivity contribution >= 4 is 17.9 Å². The molecule has 1 aromatic carbocycles. The van der Waals surface area contributed by atoms with E-state index in [0.717, 1.165) is 0 Å². The normalized spacial score (nSPS) is 9.43. The van der Waals surface area contributed by atoms with Gasteiger partial charge in [-0.05, 0) is 17.7 Å². The quantitative estimate of drug-likeness (QED) is 0.728. The highest BCUT2D eigenvalue weighted by Crippen LogP contribution is 2.15. The van der Waals surface area contributed by atoms with E-state index in [1.165, 1.54) is 18.2 Å². The summed E-state index contributed by atoms with van der Waals surface area (Å²) in [5.74, 6) is -1.22. The molecule has 0 radical (unpaired) electrons. The lowest BCUT2D eigenvalue weighted by atomic mass is 10.0. The molecular formula is C10H10N2O2. The molecule has 0 aliphatic rings.